The van der Waals surface area contributed by atoms with Gasteiger partial charge in [-0.3, -0.25) is 0 Å². The van der Waals surface area contributed by atoms with E-state index in [9.17, 15) is 0 Å². The predicted molar refractivity (Wildman–Crippen MR) is 111 cm³/mol. The zero-order valence-electron chi connectivity index (χ0n) is 16.5. The zero-order valence-corrected chi connectivity index (χ0v) is 16.5. The Hall–Kier alpha value is -2.74. The molecule has 2 heteroatoms. The first-order valence-electron chi connectivity index (χ1n) is 9.04. The molecule has 0 saturated heterocycles. The lowest BCUT2D eigenvalue weighted by molar-refractivity contribution is 0.477. The topological polar surface area (TPSA) is 21.3 Å². The lowest BCUT2D eigenvalue weighted by Crippen LogP contribution is -2.00. The average molecular weight is 345 g/mol. The van der Waals surface area contributed by atoms with Crippen LogP contribution < -0.4 is 10.1 Å². The zero-order chi connectivity index (χ0) is 18.8. The summed E-state index contributed by atoms with van der Waals surface area (Å²) in [5.74, 6) is 1.77. The quantitative estimate of drug-likeness (QED) is 0.546. The minimum atomic E-state index is 0.835. The van der Waals surface area contributed by atoms with Crippen LogP contribution in [0.2, 0.25) is 0 Å². The van der Waals surface area contributed by atoms with Gasteiger partial charge in [0.2, 0.25) is 0 Å². The number of nitrogens with one attached hydrogen (secondary N) is 1. The summed E-state index contributed by atoms with van der Waals surface area (Å²) in [4.78, 5) is 0. The molecule has 0 heterocycles. The van der Waals surface area contributed by atoms with E-state index in [1.54, 1.807) is 0 Å². The van der Waals surface area contributed by atoms with E-state index in [1.807, 2.05) is 18.2 Å². The van der Waals surface area contributed by atoms with Gasteiger partial charge in [0, 0.05) is 5.69 Å². The third-order valence-corrected chi connectivity index (χ3v) is 4.64. The van der Waals surface area contributed by atoms with E-state index < -0.39 is 0 Å². The van der Waals surface area contributed by atoms with E-state index in [1.165, 1.54) is 22.3 Å². The van der Waals surface area contributed by atoms with Crippen LogP contribution in [0.5, 0.6) is 11.5 Å². The molecule has 0 saturated carbocycles. The molecular weight excluding hydrogens is 318 g/mol. The third kappa shape index (κ3) is 3.75. The van der Waals surface area contributed by atoms with Gasteiger partial charge < -0.3 is 10.1 Å². The van der Waals surface area contributed by atoms with Crippen molar-refractivity contribution in [1.29, 1.82) is 0 Å². The normalized spacial score (nSPS) is 10.7. The van der Waals surface area contributed by atoms with Crippen LogP contribution in [-0.4, -0.2) is 0 Å². The standard InChI is InChI=1S/C24H27NO/c1-15-11-17(3)23(18(4)12-15)25-21-9-7-8-10-22(21)26-24-19(5)13-16(2)14-20(24)6/h7-14,25H,1-6H3. The molecular formula is C24H27NO. The number of ether oxygens (including phenoxy) is 1. The summed E-state index contributed by atoms with van der Waals surface area (Å²) in [6, 6.07) is 16.8. The number of hydrogen-bond acceptors (Lipinski definition) is 2. The van der Waals surface area contributed by atoms with Crippen LogP contribution >= 0.6 is 0 Å². The Morgan fingerprint density at radius 1 is 0.654 bits per heavy atom. The van der Waals surface area contributed by atoms with Gasteiger partial charge in [-0.1, -0.05) is 47.5 Å². The maximum atomic E-state index is 6.34. The molecule has 2 nitrogen and oxygen atoms in total. The summed E-state index contributed by atoms with van der Waals surface area (Å²) < 4.78 is 6.34. The van der Waals surface area contributed by atoms with Crippen LogP contribution in [0.15, 0.2) is 48.5 Å². The van der Waals surface area contributed by atoms with Crippen molar-refractivity contribution in [3.8, 4) is 11.5 Å². The van der Waals surface area contributed by atoms with E-state index in [0.29, 0.717) is 0 Å². The van der Waals surface area contributed by atoms with Crippen molar-refractivity contribution in [3.05, 3.63) is 81.9 Å². The number of anilines is 2. The second kappa shape index (κ2) is 7.25. The molecule has 0 radical (unpaired) electrons. The molecule has 0 spiro atoms. The van der Waals surface area contributed by atoms with Gasteiger partial charge in [0.05, 0.1) is 5.69 Å². The van der Waals surface area contributed by atoms with Crippen LogP contribution in [0.4, 0.5) is 11.4 Å². The van der Waals surface area contributed by atoms with Gasteiger partial charge in [-0.25, -0.2) is 0 Å². The molecule has 26 heavy (non-hydrogen) atoms. The molecule has 0 atom stereocenters. The van der Waals surface area contributed by atoms with Gasteiger partial charge in [-0.15, -0.1) is 0 Å². The average Bonchev–Trinajstić information content (AvgIpc) is 2.55. The van der Waals surface area contributed by atoms with Gasteiger partial charge in [0.15, 0.2) is 5.75 Å². The summed E-state index contributed by atoms with van der Waals surface area (Å²) in [6.07, 6.45) is 0. The van der Waals surface area contributed by atoms with E-state index in [0.717, 1.165) is 34.0 Å². The van der Waals surface area contributed by atoms with E-state index in [2.05, 4.69) is 77.2 Å². The van der Waals surface area contributed by atoms with E-state index >= 15 is 0 Å². The SMILES string of the molecule is Cc1cc(C)c(Nc2ccccc2Oc2c(C)cc(C)cc2C)c(C)c1. The Balaban J connectivity index is 1.98. The number of rotatable bonds is 4. The van der Waals surface area contributed by atoms with Crippen molar-refractivity contribution in [3.63, 3.8) is 0 Å². The second-order valence-corrected chi connectivity index (χ2v) is 7.22. The van der Waals surface area contributed by atoms with Crippen LogP contribution in [-0.2, 0) is 0 Å². The molecule has 0 aliphatic heterocycles. The fraction of sp³-hybridized carbons (Fsp3) is 0.250. The van der Waals surface area contributed by atoms with Crippen LogP contribution in [0.25, 0.3) is 0 Å². The monoisotopic (exact) mass is 345 g/mol. The Morgan fingerprint density at radius 2 is 1.15 bits per heavy atom. The molecule has 0 amide bonds. The van der Waals surface area contributed by atoms with Crippen molar-refractivity contribution < 1.29 is 4.74 Å². The minimum Gasteiger partial charge on any atom is -0.455 e. The fourth-order valence-electron chi connectivity index (χ4n) is 3.61. The second-order valence-electron chi connectivity index (χ2n) is 7.22. The molecule has 0 fully saturated rings. The van der Waals surface area contributed by atoms with Crippen molar-refractivity contribution in [2.45, 2.75) is 41.5 Å². The lowest BCUT2D eigenvalue weighted by Gasteiger charge is -2.18. The minimum absolute atomic E-state index is 0.835. The number of hydrogen-bond donors (Lipinski definition) is 1. The maximum Gasteiger partial charge on any atom is 0.150 e. The van der Waals surface area contributed by atoms with Crippen LogP contribution in [0.3, 0.4) is 0 Å². The fourth-order valence-corrected chi connectivity index (χ4v) is 3.61. The number of aryl methyl sites for hydroxylation is 6. The Labute approximate surface area is 156 Å². The summed E-state index contributed by atoms with van der Waals surface area (Å²) in [5.41, 5.74) is 9.43. The third-order valence-electron chi connectivity index (χ3n) is 4.64. The Bertz CT molecular complexity index is 832. The first-order chi connectivity index (χ1) is 12.3. The molecule has 0 aliphatic rings. The van der Waals surface area contributed by atoms with Crippen LogP contribution in [0, 0.1) is 41.5 Å². The Morgan fingerprint density at radius 3 is 1.73 bits per heavy atom. The molecule has 3 aromatic rings. The molecule has 1 N–H and O–H groups in total. The predicted octanol–water partition coefficient (Wildman–Crippen LogP) is 7.07. The summed E-state index contributed by atoms with van der Waals surface area (Å²) >= 11 is 0. The lowest BCUT2D eigenvalue weighted by atomic mass is 10.0. The maximum absolute atomic E-state index is 6.34. The molecule has 3 aromatic carbocycles. The molecule has 0 bridgehead atoms. The van der Waals surface area contributed by atoms with Gasteiger partial charge in [-0.2, -0.15) is 0 Å². The van der Waals surface area contributed by atoms with Gasteiger partial charge in [0.25, 0.3) is 0 Å². The number of benzene rings is 3. The number of para-hydroxylation sites is 2. The highest BCUT2D eigenvalue weighted by Crippen LogP contribution is 2.36. The molecule has 134 valence electrons. The molecule has 0 aliphatic carbocycles. The molecule has 0 unspecified atom stereocenters. The smallest absolute Gasteiger partial charge is 0.150 e. The van der Waals surface area contributed by atoms with Crippen molar-refractivity contribution >= 4 is 11.4 Å². The van der Waals surface area contributed by atoms with Gasteiger partial charge in [-0.05, 0) is 75.9 Å². The highest BCUT2D eigenvalue weighted by atomic mass is 16.5. The van der Waals surface area contributed by atoms with Gasteiger partial charge >= 0.3 is 0 Å². The largest absolute Gasteiger partial charge is 0.455 e. The van der Waals surface area contributed by atoms with Gasteiger partial charge in [0.1, 0.15) is 5.75 Å². The first kappa shape index (κ1) is 18.1. The van der Waals surface area contributed by atoms with Crippen molar-refractivity contribution in [2.75, 3.05) is 5.32 Å². The highest BCUT2D eigenvalue weighted by Gasteiger charge is 2.12. The molecule has 0 aromatic heterocycles. The summed E-state index contributed by atoms with van der Waals surface area (Å²) in [5, 5.41) is 3.58. The molecule has 3 rings (SSSR count). The van der Waals surface area contributed by atoms with Crippen molar-refractivity contribution in [2.24, 2.45) is 0 Å². The van der Waals surface area contributed by atoms with Crippen molar-refractivity contribution in [1.82, 2.24) is 0 Å². The van der Waals surface area contributed by atoms with Crippen LogP contribution in [0.1, 0.15) is 33.4 Å². The Kier molecular flexibility index (Phi) is 5.03. The first-order valence-corrected chi connectivity index (χ1v) is 9.04. The van der Waals surface area contributed by atoms with E-state index in [-0.39, 0.29) is 0 Å². The highest BCUT2D eigenvalue weighted by molar-refractivity contribution is 5.71. The summed E-state index contributed by atoms with van der Waals surface area (Å²) in [7, 11) is 0. The van der Waals surface area contributed by atoms with E-state index in [4.69, 9.17) is 4.74 Å². The summed E-state index contributed by atoms with van der Waals surface area (Å²) in [6.45, 7) is 12.7.